The molecule has 2 aliphatic rings. The standard InChI is InChI=1S/C13H25NO/c1-2-6-12(7-3-1)10-14-11-13-8-4-5-9-15-13/h12-14H,1-11H2. The predicted octanol–water partition coefficient (Wildman–Crippen LogP) is 2.73. The van der Waals surface area contributed by atoms with Gasteiger partial charge in [-0.25, -0.2) is 0 Å². The van der Waals surface area contributed by atoms with Crippen molar-refractivity contribution in [1.29, 1.82) is 0 Å². The molecule has 0 amide bonds. The van der Waals surface area contributed by atoms with Crippen molar-refractivity contribution in [2.75, 3.05) is 19.7 Å². The van der Waals surface area contributed by atoms with Crippen LogP contribution in [0.3, 0.4) is 0 Å². The summed E-state index contributed by atoms with van der Waals surface area (Å²) in [6.07, 6.45) is 11.6. The van der Waals surface area contributed by atoms with Crippen molar-refractivity contribution in [3.63, 3.8) is 0 Å². The third kappa shape index (κ3) is 4.12. The summed E-state index contributed by atoms with van der Waals surface area (Å²) in [5.74, 6) is 0.947. The van der Waals surface area contributed by atoms with Gasteiger partial charge in [0.1, 0.15) is 0 Å². The van der Waals surface area contributed by atoms with Crippen LogP contribution in [0.15, 0.2) is 0 Å². The highest BCUT2D eigenvalue weighted by Crippen LogP contribution is 2.22. The fourth-order valence-corrected chi connectivity index (χ4v) is 2.81. The Labute approximate surface area is 93.8 Å². The Kier molecular flexibility index (Phi) is 4.94. The minimum Gasteiger partial charge on any atom is -0.377 e. The minimum absolute atomic E-state index is 0.502. The van der Waals surface area contributed by atoms with Crippen LogP contribution >= 0.6 is 0 Å². The molecule has 15 heavy (non-hydrogen) atoms. The third-order valence-electron chi connectivity index (χ3n) is 3.80. The van der Waals surface area contributed by atoms with Gasteiger partial charge >= 0.3 is 0 Å². The maximum absolute atomic E-state index is 5.70. The molecule has 2 nitrogen and oxygen atoms in total. The van der Waals surface area contributed by atoms with Gasteiger partial charge in [0.2, 0.25) is 0 Å². The molecule has 1 aliphatic heterocycles. The van der Waals surface area contributed by atoms with E-state index < -0.39 is 0 Å². The molecule has 1 saturated heterocycles. The smallest absolute Gasteiger partial charge is 0.0699 e. The van der Waals surface area contributed by atoms with Crippen LogP contribution in [-0.2, 0) is 4.74 Å². The Bertz CT molecular complexity index is 142. The largest absolute Gasteiger partial charge is 0.377 e. The van der Waals surface area contributed by atoms with E-state index in [2.05, 4.69) is 5.32 Å². The second-order valence-electron chi connectivity index (χ2n) is 5.15. The molecule has 1 atom stereocenters. The zero-order chi connectivity index (χ0) is 10.3. The van der Waals surface area contributed by atoms with Crippen LogP contribution in [0, 0.1) is 5.92 Å². The van der Waals surface area contributed by atoms with Gasteiger partial charge in [-0.2, -0.15) is 0 Å². The third-order valence-corrected chi connectivity index (χ3v) is 3.80. The molecule has 1 heterocycles. The van der Waals surface area contributed by atoms with Crippen LogP contribution < -0.4 is 5.32 Å². The Balaban J connectivity index is 1.53. The van der Waals surface area contributed by atoms with Crippen molar-refractivity contribution >= 4 is 0 Å². The van der Waals surface area contributed by atoms with E-state index in [1.807, 2.05) is 0 Å². The molecule has 0 aromatic carbocycles. The summed E-state index contributed by atoms with van der Waals surface area (Å²) >= 11 is 0. The maximum atomic E-state index is 5.70. The van der Waals surface area contributed by atoms with Gasteiger partial charge in [-0.15, -0.1) is 0 Å². The van der Waals surface area contributed by atoms with E-state index in [9.17, 15) is 0 Å². The predicted molar refractivity (Wildman–Crippen MR) is 63.0 cm³/mol. The van der Waals surface area contributed by atoms with E-state index in [1.165, 1.54) is 57.9 Å². The summed E-state index contributed by atoms with van der Waals surface area (Å²) in [7, 11) is 0. The molecule has 1 aliphatic carbocycles. The Hall–Kier alpha value is -0.0800. The van der Waals surface area contributed by atoms with Crippen molar-refractivity contribution in [2.24, 2.45) is 5.92 Å². The molecule has 1 saturated carbocycles. The van der Waals surface area contributed by atoms with Gasteiger partial charge in [-0.1, -0.05) is 19.3 Å². The lowest BCUT2D eigenvalue weighted by Gasteiger charge is -2.25. The molecule has 1 unspecified atom stereocenters. The van der Waals surface area contributed by atoms with Gasteiger partial charge in [0.05, 0.1) is 6.10 Å². The summed E-state index contributed by atoms with van der Waals surface area (Å²) in [5.41, 5.74) is 0. The van der Waals surface area contributed by atoms with E-state index in [-0.39, 0.29) is 0 Å². The highest BCUT2D eigenvalue weighted by molar-refractivity contribution is 4.71. The number of hydrogen-bond acceptors (Lipinski definition) is 2. The SMILES string of the molecule is C1CCC(CNCC2CCCCO2)CC1. The van der Waals surface area contributed by atoms with E-state index >= 15 is 0 Å². The molecule has 2 fully saturated rings. The van der Waals surface area contributed by atoms with Gasteiger partial charge in [0, 0.05) is 13.2 Å². The highest BCUT2D eigenvalue weighted by Gasteiger charge is 2.16. The molecule has 0 radical (unpaired) electrons. The van der Waals surface area contributed by atoms with Gasteiger partial charge in [0.25, 0.3) is 0 Å². The summed E-state index contributed by atoms with van der Waals surface area (Å²) in [6, 6.07) is 0. The average Bonchev–Trinajstić information content (AvgIpc) is 2.32. The lowest BCUT2D eigenvalue weighted by atomic mass is 9.89. The fourth-order valence-electron chi connectivity index (χ4n) is 2.81. The molecule has 0 bridgehead atoms. The zero-order valence-electron chi connectivity index (χ0n) is 9.84. The number of hydrogen-bond donors (Lipinski definition) is 1. The van der Waals surface area contributed by atoms with Crippen LogP contribution in [0.5, 0.6) is 0 Å². The Morgan fingerprint density at radius 3 is 2.40 bits per heavy atom. The molecular formula is C13H25NO. The second kappa shape index (κ2) is 6.49. The van der Waals surface area contributed by atoms with Crippen LogP contribution in [0.4, 0.5) is 0 Å². The monoisotopic (exact) mass is 211 g/mol. The number of nitrogens with one attached hydrogen (secondary N) is 1. The first kappa shape index (κ1) is 11.4. The van der Waals surface area contributed by atoms with Crippen LogP contribution in [0.1, 0.15) is 51.4 Å². The van der Waals surface area contributed by atoms with E-state index in [0.717, 1.165) is 19.1 Å². The lowest BCUT2D eigenvalue weighted by Crippen LogP contribution is -2.34. The fraction of sp³-hybridized carbons (Fsp3) is 1.00. The first-order chi connectivity index (χ1) is 7.45. The molecule has 1 N–H and O–H groups in total. The molecule has 2 heteroatoms. The van der Waals surface area contributed by atoms with Crippen molar-refractivity contribution in [3.05, 3.63) is 0 Å². The van der Waals surface area contributed by atoms with Crippen LogP contribution in [-0.4, -0.2) is 25.8 Å². The normalized spacial score (nSPS) is 29.2. The quantitative estimate of drug-likeness (QED) is 0.772. The van der Waals surface area contributed by atoms with Crippen molar-refractivity contribution < 1.29 is 4.74 Å². The van der Waals surface area contributed by atoms with Gasteiger partial charge in [-0.05, 0) is 44.6 Å². The summed E-state index contributed by atoms with van der Waals surface area (Å²) in [6.45, 7) is 3.28. The second-order valence-corrected chi connectivity index (χ2v) is 5.15. The molecule has 2 rings (SSSR count). The zero-order valence-corrected chi connectivity index (χ0v) is 9.84. The summed E-state index contributed by atoms with van der Waals surface area (Å²) in [5, 5.41) is 3.60. The Morgan fingerprint density at radius 1 is 0.867 bits per heavy atom. The van der Waals surface area contributed by atoms with Crippen LogP contribution in [0.25, 0.3) is 0 Å². The van der Waals surface area contributed by atoms with Crippen molar-refractivity contribution in [3.8, 4) is 0 Å². The Morgan fingerprint density at radius 2 is 1.67 bits per heavy atom. The van der Waals surface area contributed by atoms with E-state index in [0.29, 0.717) is 6.10 Å². The minimum atomic E-state index is 0.502. The first-order valence-corrected chi connectivity index (χ1v) is 6.77. The van der Waals surface area contributed by atoms with Gasteiger partial charge < -0.3 is 10.1 Å². The van der Waals surface area contributed by atoms with Crippen molar-refractivity contribution in [2.45, 2.75) is 57.5 Å². The topological polar surface area (TPSA) is 21.3 Å². The van der Waals surface area contributed by atoms with Crippen LogP contribution in [0.2, 0.25) is 0 Å². The molecular weight excluding hydrogens is 186 g/mol. The lowest BCUT2D eigenvalue weighted by molar-refractivity contribution is 0.0163. The molecule has 0 aromatic heterocycles. The van der Waals surface area contributed by atoms with Gasteiger partial charge in [0.15, 0.2) is 0 Å². The molecule has 0 aromatic rings. The number of ether oxygens (including phenoxy) is 1. The van der Waals surface area contributed by atoms with E-state index in [4.69, 9.17) is 4.74 Å². The first-order valence-electron chi connectivity index (χ1n) is 6.77. The van der Waals surface area contributed by atoms with E-state index in [1.54, 1.807) is 0 Å². The molecule has 88 valence electrons. The maximum Gasteiger partial charge on any atom is 0.0699 e. The molecule has 0 spiro atoms. The summed E-state index contributed by atoms with van der Waals surface area (Å²) in [4.78, 5) is 0. The van der Waals surface area contributed by atoms with Crippen molar-refractivity contribution in [1.82, 2.24) is 5.32 Å². The average molecular weight is 211 g/mol. The number of rotatable bonds is 4. The summed E-state index contributed by atoms with van der Waals surface area (Å²) < 4.78 is 5.70. The van der Waals surface area contributed by atoms with Gasteiger partial charge in [-0.3, -0.25) is 0 Å². The highest BCUT2D eigenvalue weighted by atomic mass is 16.5.